The Kier molecular flexibility index (Phi) is 6.49. The number of ether oxygens (including phenoxy) is 2. The van der Waals surface area contributed by atoms with Crippen molar-refractivity contribution in [2.75, 3.05) is 18.5 Å². The molecule has 0 heterocycles. The minimum atomic E-state index is -3.79. The highest BCUT2D eigenvalue weighted by Gasteiger charge is 2.26. The first-order chi connectivity index (χ1) is 13.8. The Bertz CT molecular complexity index is 1080. The lowest BCUT2D eigenvalue weighted by Gasteiger charge is -2.25. The summed E-state index contributed by atoms with van der Waals surface area (Å²) in [5.74, 6) is 1.20. The van der Waals surface area contributed by atoms with Crippen molar-refractivity contribution >= 4 is 31.6 Å². The van der Waals surface area contributed by atoms with Gasteiger partial charge in [-0.2, -0.15) is 0 Å². The molecule has 0 amide bonds. The van der Waals surface area contributed by atoms with E-state index < -0.39 is 10.0 Å². The van der Waals surface area contributed by atoms with Crippen molar-refractivity contribution in [1.29, 1.82) is 0 Å². The average molecular weight is 476 g/mol. The zero-order chi connectivity index (χ0) is 21.0. The number of anilines is 1. The number of halogens is 1. The zero-order valence-electron chi connectivity index (χ0n) is 16.4. The van der Waals surface area contributed by atoms with Crippen LogP contribution in [0.5, 0.6) is 11.5 Å². The van der Waals surface area contributed by atoms with E-state index in [1.165, 1.54) is 4.31 Å². The van der Waals surface area contributed by atoms with Gasteiger partial charge >= 0.3 is 0 Å². The van der Waals surface area contributed by atoms with Gasteiger partial charge in [-0.25, -0.2) is 8.42 Å². The van der Waals surface area contributed by atoms with Crippen LogP contribution in [-0.2, 0) is 16.6 Å². The summed E-state index contributed by atoms with van der Waals surface area (Å²) in [5, 5.41) is 0. The van der Waals surface area contributed by atoms with Crippen molar-refractivity contribution in [3.05, 3.63) is 82.3 Å². The Morgan fingerprint density at radius 2 is 1.52 bits per heavy atom. The molecule has 0 aliphatic heterocycles. The Balaban J connectivity index is 2.10. The summed E-state index contributed by atoms with van der Waals surface area (Å²) in [6, 6.07) is 19.4. The molecule has 0 aliphatic carbocycles. The van der Waals surface area contributed by atoms with E-state index in [0.29, 0.717) is 17.2 Å². The number of aryl methyl sites for hydroxylation is 1. The maximum atomic E-state index is 13.5. The molecule has 0 aliphatic rings. The number of hydrogen-bond acceptors (Lipinski definition) is 4. The Morgan fingerprint density at radius 3 is 2.07 bits per heavy atom. The van der Waals surface area contributed by atoms with Crippen LogP contribution in [0.15, 0.2) is 76.1 Å². The van der Waals surface area contributed by atoms with E-state index in [1.807, 2.05) is 19.1 Å². The minimum absolute atomic E-state index is 0.125. The van der Waals surface area contributed by atoms with Crippen LogP contribution in [0.25, 0.3) is 0 Å². The summed E-state index contributed by atoms with van der Waals surface area (Å²) in [6.45, 7) is 2.05. The van der Waals surface area contributed by atoms with Gasteiger partial charge in [-0.3, -0.25) is 4.31 Å². The molecule has 0 aromatic heterocycles. The van der Waals surface area contributed by atoms with Crippen LogP contribution in [0.3, 0.4) is 0 Å². The molecular formula is C22H22BrNO4S. The van der Waals surface area contributed by atoms with Gasteiger partial charge in [0.1, 0.15) is 11.5 Å². The van der Waals surface area contributed by atoms with E-state index in [9.17, 15) is 8.42 Å². The molecule has 0 saturated heterocycles. The molecule has 0 N–H and O–H groups in total. The van der Waals surface area contributed by atoms with Gasteiger partial charge in [0, 0.05) is 10.5 Å². The molecule has 152 valence electrons. The maximum Gasteiger partial charge on any atom is 0.264 e. The minimum Gasteiger partial charge on any atom is -0.497 e. The molecule has 0 radical (unpaired) electrons. The van der Waals surface area contributed by atoms with Crippen molar-refractivity contribution < 1.29 is 17.9 Å². The number of nitrogens with zero attached hydrogens (tertiary/aromatic N) is 1. The third kappa shape index (κ3) is 4.92. The van der Waals surface area contributed by atoms with E-state index in [-0.39, 0.29) is 11.4 Å². The monoisotopic (exact) mass is 475 g/mol. The number of benzene rings is 3. The van der Waals surface area contributed by atoms with Gasteiger partial charge in [-0.1, -0.05) is 39.7 Å². The Hall–Kier alpha value is -2.51. The summed E-state index contributed by atoms with van der Waals surface area (Å²) >= 11 is 3.43. The highest BCUT2D eigenvalue weighted by molar-refractivity contribution is 9.10. The van der Waals surface area contributed by atoms with Gasteiger partial charge in [0.15, 0.2) is 0 Å². The predicted octanol–water partition coefficient (Wildman–Crippen LogP) is 5.17. The zero-order valence-corrected chi connectivity index (χ0v) is 18.8. The maximum absolute atomic E-state index is 13.5. The lowest BCUT2D eigenvalue weighted by atomic mass is 10.2. The van der Waals surface area contributed by atoms with Crippen molar-refractivity contribution in [2.45, 2.75) is 18.4 Å². The molecule has 7 heteroatoms. The van der Waals surface area contributed by atoms with E-state index in [4.69, 9.17) is 9.47 Å². The molecule has 0 fully saturated rings. The van der Waals surface area contributed by atoms with Gasteiger partial charge in [-0.05, 0) is 55.0 Å². The second-order valence-electron chi connectivity index (χ2n) is 6.53. The van der Waals surface area contributed by atoms with E-state index in [2.05, 4.69) is 15.9 Å². The smallest absolute Gasteiger partial charge is 0.264 e. The van der Waals surface area contributed by atoms with Crippen molar-refractivity contribution in [3.8, 4) is 11.5 Å². The second kappa shape index (κ2) is 8.88. The number of rotatable bonds is 7. The number of sulfonamides is 1. The summed E-state index contributed by atoms with van der Waals surface area (Å²) in [7, 11) is -0.668. The normalized spacial score (nSPS) is 11.2. The molecular weight excluding hydrogens is 454 g/mol. The average Bonchev–Trinajstić information content (AvgIpc) is 2.71. The molecule has 3 aromatic rings. The highest BCUT2D eigenvalue weighted by atomic mass is 79.9. The SMILES string of the molecule is COc1cc(CN(c2cccc(Br)c2)S(=O)(=O)c2ccc(C)cc2)cc(OC)c1. The fourth-order valence-electron chi connectivity index (χ4n) is 2.91. The van der Waals surface area contributed by atoms with Crippen LogP contribution in [0, 0.1) is 6.92 Å². The first kappa shape index (κ1) is 21.2. The molecule has 0 unspecified atom stereocenters. The fraction of sp³-hybridized carbons (Fsp3) is 0.182. The topological polar surface area (TPSA) is 55.8 Å². The standard InChI is InChI=1S/C22H22BrNO4S/c1-16-7-9-22(10-8-16)29(25,26)24(19-6-4-5-18(23)13-19)15-17-11-20(27-2)14-21(12-17)28-3/h4-14H,15H2,1-3H3. The van der Waals surface area contributed by atoms with Gasteiger partial charge in [0.2, 0.25) is 0 Å². The van der Waals surface area contributed by atoms with Crippen LogP contribution in [0.1, 0.15) is 11.1 Å². The third-order valence-electron chi connectivity index (χ3n) is 4.44. The van der Waals surface area contributed by atoms with E-state index in [1.54, 1.807) is 68.8 Å². The van der Waals surface area contributed by atoms with E-state index >= 15 is 0 Å². The van der Waals surface area contributed by atoms with Gasteiger partial charge in [0.05, 0.1) is 31.3 Å². The lowest BCUT2D eigenvalue weighted by Crippen LogP contribution is -2.30. The molecule has 0 spiro atoms. The number of methoxy groups -OCH3 is 2. The van der Waals surface area contributed by atoms with Crippen LogP contribution in [0.4, 0.5) is 5.69 Å². The van der Waals surface area contributed by atoms with Crippen LogP contribution >= 0.6 is 15.9 Å². The Labute approximate surface area is 180 Å². The van der Waals surface area contributed by atoms with Crippen LogP contribution in [0.2, 0.25) is 0 Å². The first-order valence-electron chi connectivity index (χ1n) is 8.90. The summed E-state index contributed by atoms with van der Waals surface area (Å²) in [5.41, 5.74) is 2.30. The molecule has 3 rings (SSSR count). The first-order valence-corrected chi connectivity index (χ1v) is 11.1. The van der Waals surface area contributed by atoms with Gasteiger partial charge in [0.25, 0.3) is 10.0 Å². The fourth-order valence-corrected chi connectivity index (χ4v) is 4.74. The van der Waals surface area contributed by atoms with E-state index in [0.717, 1.165) is 15.6 Å². The van der Waals surface area contributed by atoms with Gasteiger partial charge < -0.3 is 9.47 Å². The molecule has 29 heavy (non-hydrogen) atoms. The molecule has 0 atom stereocenters. The molecule has 5 nitrogen and oxygen atoms in total. The largest absolute Gasteiger partial charge is 0.497 e. The van der Waals surface area contributed by atoms with Crippen molar-refractivity contribution in [2.24, 2.45) is 0 Å². The Morgan fingerprint density at radius 1 is 0.897 bits per heavy atom. The summed E-state index contributed by atoms with van der Waals surface area (Å²) < 4.78 is 39.9. The molecule has 3 aromatic carbocycles. The highest BCUT2D eigenvalue weighted by Crippen LogP contribution is 2.30. The van der Waals surface area contributed by atoms with Crippen molar-refractivity contribution in [3.63, 3.8) is 0 Å². The summed E-state index contributed by atoms with van der Waals surface area (Å²) in [6.07, 6.45) is 0. The lowest BCUT2D eigenvalue weighted by molar-refractivity contribution is 0.393. The third-order valence-corrected chi connectivity index (χ3v) is 6.72. The molecule has 0 saturated carbocycles. The second-order valence-corrected chi connectivity index (χ2v) is 9.30. The van der Waals surface area contributed by atoms with Crippen LogP contribution < -0.4 is 13.8 Å². The summed E-state index contributed by atoms with van der Waals surface area (Å²) in [4.78, 5) is 0.234. The van der Waals surface area contributed by atoms with Crippen molar-refractivity contribution in [1.82, 2.24) is 0 Å². The predicted molar refractivity (Wildman–Crippen MR) is 118 cm³/mol. The number of hydrogen-bond donors (Lipinski definition) is 0. The van der Waals surface area contributed by atoms with Crippen LogP contribution in [-0.4, -0.2) is 22.6 Å². The van der Waals surface area contributed by atoms with Gasteiger partial charge in [-0.15, -0.1) is 0 Å². The quantitative estimate of drug-likeness (QED) is 0.472. The molecule has 0 bridgehead atoms.